The molecule has 1 N–H and O–H groups in total. The van der Waals surface area contributed by atoms with Gasteiger partial charge in [0.1, 0.15) is 5.75 Å². The molecule has 2 nitrogen and oxygen atoms in total. The lowest BCUT2D eigenvalue weighted by Crippen LogP contribution is -2.11. The molecular weight excluding hydrogens is 242 g/mol. The first-order valence-electron chi connectivity index (χ1n) is 6.31. The highest BCUT2D eigenvalue weighted by atomic mass is 32.1. The van der Waals surface area contributed by atoms with Crippen LogP contribution in [0, 0.1) is 5.92 Å². The van der Waals surface area contributed by atoms with E-state index in [4.69, 9.17) is 4.74 Å². The fraction of sp³-hybridized carbons (Fsp3) is 0.333. The van der Waals surface area contributed by atoms with Crippen LogP contribution in [0.1, 0.15) is 23.8 Å². The quantitative estimate of drug-likeness (QED) is 0.863. The summed E-state index contributed by atoms with van der Waals surface area (Å²) in [5, 5.41) is 5.80. The Hall–Kier alpha value is -1.48. The van der Waals surface area contributed by atoms with Gasteiger partial charge in [-0.15, -0.1) is 11.3 Å². The molecule has 2 aromatic rings. The lowest BCUT2D eigenvalue weighted by molar-refractivity contribution is 0.415. The second-order valence-corrected chi connectivity index (χ2v) is 5.68. The van der Waals surface area contributed by atoms with Crippen molar-refractivity contribution < 1.29 is 4.74 Å². The van der Waals surface area contributed by atoms with Gasteiger partial charge in [0.05, 0.1) is 13.2 Å². The van der Waals surface area contributed by atoms with E-state index in [0.29, 0.717) is 6.04 Å². The third-order valence-corrected chi connectivity index (χ3v) is 4.31. The summed E-state index contributed by atoms with van der Waals surface area (Å²) in [5.74, 6) is 1.70. The minimum atomic E-state index is 0.471. The average molecular weight is 259 g/mol. The number of nitrogens with one attached hydrogen (secondary N) is 1. The highest BCUT2D eigenvalue weighted by Crippen LogP contribution is 2.44. The summed E-state index contributed by atoms with van der Waals surface area (Å²) >= 11 is 1.84. The Morgan fingerprint density at radius 1 is 1.22 bits per heavy atom. The zero-order chi connectivity index (χ0) is 12.4. The number of rotatable bonds is 5. The molecule has 0 bridgehead atoms. The van der Waals surface area contributed by atoms with Gasteiger partial charge in [-0.1, -0.05) is 6.07 Å². The van der Waals surface area contributed by atoms with Gasteiger partial charge in [0.15, 0.2) is 0 Å². The molecule has 1 aliphatic carbocycles. The van der Waals surface area contributed by atoms with E-state index in [2.05, 4.69) is 35.0 Å². The van der Waals surface area contributed by atoms with Crippen LogP contribution in [0.15, 0.2) is 41.8 Å². The van der Waals surface area contributed by atoms with E-state index in [1.165, 1.54) is 23.4 Å². The first kappa shape index (κ1) is 11.6. The number of anilines is 1. The van der Waals surface area contributed by atoms with Gasteiger partial charge in [0.2, 0.25) is 0 Å². The lowest BCUT2D eigenvalue weighted by Gasteiger charge is -2.18. The molecule has 3 heteroatoms. The summed E-state index contributed by atoms with van der Waals surface area (Å²) in [6.45, 7) is 0. The SMILES string of the molecule is COc1ccc(NC(c2cccs2)C2CC2)cc1. The van der Waals surface area contributed by atoms with E-state index >= 15 is 0 Å². The summed E-state index contributed by atoms with van der Waals surface area (Å²) in [5.41, 5.74) is 1.17. The van der Waals surface area contributed by atoms with Crippen LogP contribution < -0.4 is 10.1 Å². The van der Waals surface area contributed by atoms with Crippen molar-refractivity contribution in [2.75, 3.05) is 12.4 Å². The van der Waals surface area contributed by atoms with Crippen LogP contribution in [-0.2, 0) is 0 Å². The normalized spacial score (nSPS) is 16.3. The van der Waals surface area contributed by atoms with Crippen LogP contribution in [-0.4, -0.2) is 7.11 Å². The predicted molar refractivity (Wildman–Crippen MR) is 76.4 cm³/mol. The van der Waals surface area contributed by atoms with Crippen molar-refractivity contribution in [2.24, 2.45) is 5.92 Å². The molecule has 1 atom stereocenters. The number of hydrogen-bond donors (Lipinski definition) is 1. The first-order valence-corrected chi connectivity index (χ1v) is 7.19. The van der Waals surface area contributed by atoms with Gasteiger partial charge in [0, 0.05) is 10.6 Å². The van der Waals surface area contributed by atoms with Crippen LogP contribution in [0.5, 0.6) is 5.75 Å². The van der Waals surface area contributed by atoms with E-state index < -0.39 is 0 Å². The van der Waals surface area contributed by atoms with E-state index in [1.54, 1.807) is 7.11 Å². The molecule has 0 aliphatic heterocycles. The fourth-order valence-electron chi connectivity index (χ4n) is 2.19. The van der Waals surface area contributed by atoms with Crippen LogP contribution in [0.4, 0.5) is 5.69 Å². The third kappa shape index (κ3) is 2.51. The molecule has 1 fully saturated rings. The van der Waals surface area contributed by atoms with E-state index in [-0.39, 0.29) is 0 Å². The monoisotopic (exact) mass is 259 g/mol. The molecule has 0 saturated heterocycles. The van der Waals surface area contributed by atoms with Gasteiger partial charge >= 0.3 is 0 Å². The molecular formula is C15H17NOS. The third-order valence-electron chi connectivity index (χ3n) is 3.36. The van der Waals surface area contributed by atoms with Gasteiger partial charge < -0.3 is 10.1 Å². The molecule has 0 radical (unpaired) electrons. The number of thiophene rings is 1. The van der Waals surface area contributed by atoms with Crippen molar-refractivity contribution in [1.82, 2.24) is 0 Å². The molecule has 1 aromatic carbocycles. The molecule has 1 aliphatic rings. The first-order chi connectivity index (χ1) is 8.86. The maximum absolute atomic E-state index is 5.18. The van der Waals surface area contributed by atoms with Crippen molar-refractivity contribution in [1.29, 1.82) is 0 Å². The van der Waals surface area contributed by atoms with Crippen LogP contribution >= 0.6 is 11.3 Å². The minimum Gasteiger partial charge on any atom is -0.497 e. The van der Waals surface area contributed by atoms with E-state index in [0.717, 1.165) is 11.7 Å². The maximum atomic E-state index is 5.18. The molecule has 1 heterocycles. The second kappa shape index (κ2) is 5.02. The largest absolute Gasteiger partial charge is 0.497 e. The summed E-state index contributed by atoms with van der Waals surface area (Å²) in [7, 11) is 1.70. The average Bonchev–Trinajstić information content (AvgIpc) is 3.11. The van der Waals surface area contributed by atoms with Gasteiger partial charge in [-0.25, -0.2) is 0 Å². The van der Waals surface area contributed by atoms with E-state index in [9.17, 15) is 0 Å². The molecule has 94 valence electrons. The highest BCUT2D eigenvalue weighted by molar-refractivity contribution is 7.10. The number of hydrogen-bond acceptors (Lipinski definition) is 3. The van der Waals surface area contributed by atoms with Crippen molar-refractivity contribution in [3.05, 3.63) is 46.7 Å². The number of ether oxygens (including phenoxy) is 1. The van der Waals surface area contributed by atoms with Crippen molar-refractivity contribution >= 4 is 17.0 Å². The second-order valence-electron chi connectivity index (χ2n) is 4.70. The zero-order valence-electron chi connectivity index (χ0n) is 10.4. The van der Waals surface area contributed by atoms with Crippen LogP contribution in [0.3, 0.4) is 0 Å². The standard InChI is InChI=1S/C15H17NOS/c1-17-13-8-6-12(7-9-13)16-15(11-4-5-11)14-3-2-10-18-14/h2-3,6-11,15-16H,4-5H2,1H3. The fourth-order valence-corrected chi connectivity index (χ4v) is 3.06. The molecule has 0 amide bonds. The zero-order valence-corrected chi connectivity index (χ0v) is 11.2. The minimum absolute atomic E-state index is 0.471. The summed E-state index contributed by atoms with van der Waals surface area (Å²) in [6.07, 6.45) is 2.68. The summed E-state index contributed by atoms with van der Waals surface area (Å²) in [4.78, 5) is 1.44. The lowest BCUT2D eigenvalue weighted by atomic mass is 10.1. The maximum Gasteiger partial charge on any atom is 0.119 e. The molecule has 1 aromatic heterocycles. The van der Waals surface area contributed by atoms with Gasteiger partial charge in [-0.2, -0.15) is 0 Å². The molecule has 18 heavy (non-hydrogen) atoms. The molecule has 0 spiro atoms. The molecule has 3 rings (SSSR count). The van der Waals surface area contributed by atoms with E-state index in [1.807, 2.05) is 23.5 Å². The van der Waals surface area contributed by atoms with Gasteiger partial charge in [-0.3, -0.25) is 0 Å². The Bertz CT molecular complexity index is 488. The Morgan fingerprint density at radius 2 is 2.00 bits per heavy atom. The summed E-state index contributed by atoms with van der Waals surface area (Å²) < 4.78 is 5.18. The van der Waals surface area contributed by atoms with Crippen molar-refractivity contribution in [3.63, 3.8) is 0 Å². The Morgan fingerprint density at radius 3 is 2.56 bits per heavy atom. The number of methoxy groups -OCH3 is 1. The topological polar surface area (TPSA) is 21.3 Å². The van der Waals surface area contributed by atoms with Crippen molar-refractivity contribution in [3.8, 4) is 5.75 Å². The predicted octanol–water partition coefficient (Wildman–Crippen LogP) is 4.32. The smallest absolute Gasteiger partial charge is 0.119 e. The van der Waals surface area contributed by atoms with Crippen LogP contribution in [0.25, 0.3) is 0 Å². The molecule has 1 saturated carbocycles. The molecule has 1 unspecified atom stereocenters. The van der Waals surface area contributed by atoms with Gasteiger partial charge in [0.25, 0.3) is 0 Å². The Balaban J connectivity index is 1.76. The summed E-state index contributed by atoms with van der Waals surface area (Å²) in [6, 6.07) is 13.0. The van der Waals surface area contributed by atoms with Crippen LogP contribution in [0.2, 0.25) is 0 Å². The van der Waals surface area contributed by atoms with Crippen molar-refractivity contribution in [2.45, 2.75) is 18.9 Å². The Labute approximate surface area is 112 Å². The Kier molecular flexibility index (Phi) is 3.24. The number of benzene rings is 1. The highest BCUT2D eigenvalue weighted by Gasteiger charge is 2.32. The van der Waals surface area contributed by atoms with Gasteiger partial charge in [-0.05, 0) is 54.5 Å².